The third-order valence-corrected chi connectivity index (χ3v) is 2.48. The molecule has 1 aromatic rings. The molecule has 1 atom stereocenters. The quantitative estimate of drug-likeness (QED) is 0.602. The molecule has 0 aliphatic rings. The van der Waals surface area contributed by atoms with Crippen molar-refractivity contribution in [3.63, 3.8) is 0 Å². The number of anilines is 1. The summed E-state index contributed by atoms with van der Waals surface area (Å²) in [7, 11) is 1.34. The van der Waals surface area contributed by atoms with Crippen LogP contribution in [0.15, 0.2) is 6.33 Å². The molecule has 0 saturated carbocycles. The van der Waals surface area contributed by atoms with Gasteiger partial charge in [-0.3, -0.25) is 10.1 Å². The van der Waals surface area contributed by atoms with Gasteiger partial charge < -0.3 is 10.1 Å². The summed E-state index contributed by atoms with van der Waals surface area (Å²) in [6.07, 6.45) is 2.23. The average Bonchev–Trinajstić information content (AvgIpc) is 2.34. The zero-order chi connectivity index (χ0) is 12.8. The highest BCUT2D eigenvalue weighted by Gasteiger charge is 2.23. The minimum atomic E-state index is -0.544. The van der Waals surface area contributed by atoms with Gasteiger partial charge >= 0.3 is 5.69 Å². The van der Waals surface area contributed by atoms with E-state index in [-0.39, 0.29) is 17.4 Å². The third kappa shape index (κ3) is 3.27. The Bertz CT molecular complexity index is 397. The van der Waals surface area contributed by atoms with Crippen molar-refractivity contribution in [3.8, 4) is 5.88 Å². The molecular weight excluding hydrogens is 224 g/mol. The predicted octanol–water partition coefficient (Wildman–Crippen LogP) is 1.85. The van der Waals surface area contributed by atoms with Gasteiger partial charge in [-0.15, -0.1) is 0 Å². The summed E-state index contributed by atoms with van der Waals surface area (Å²) in [5.41, 5.74) is -0.224. The van der Waals surface area contributed by atoms with Crippen LogP contribution in [-0.4, -0.2) is 28.5 Å². The van der Waals surface area contributed by atoms with E-state index in [0.717, 1.165) is 6.42 Å². The van der Waals surface area contributed by atoms with Gasteiger partial charge in [0, 0.05) is 6.54 Å². The van der Waals surface area contributed by atoms with Gasteiger partial charge in [0.25, 0.3) is 5.88 Å². The maximum atomic E-state index is 10.9. The number of ether oxygens (including phenoxy) is 1. The molecule has 1 aromatic heterocycles. The van der Waals surface area contributed by atoms with Crippen LogP contribution in [0, 0.1) is 16.0 Å². The summed E-state index contributed by atoms with van der Waals surface area (Å²) in [5, 5.41) is 13.9. The average molecular weight is 240 g/mol. The smallest absolute Gasteiger partial charge is 0.372 e. The summed E-state index contributed by atoms with van der Waals surface area (Å²) in [6.45, 7) is 4.73. The van der Waals surface area contributed by atoms with E-state index < -0.39 is 4.92 Å². The molecule has 0 aliphatic carbocycles. The van der Waals surface area contributed by atoms with Crippen LogP contribution in [0.25, 0.3) is 0 Å². The highest BCUT2D eigenvalue weighted by atomic mass is 16.6. The van der Waals surface area contributed by atoms with Crippen LogP contribution >= 0.6 is 0 Å². The molecule has 1 unspecified atom stereocenters. The first-order valence-corrected chi connectivity index (χ1v) is 5.37. The number of rotatable bonds is 6. The molecule has 0 amide bonds. The van der Waals surface area contributed by atoms with E-state index in [4.69, 9.17) is 4.74 Å². The second kappa shape index (κ2) is 5.97. The van der Waals surface area contributed by atoms with Crippen molar-refractivity contribution in [2.45, 2.75) is 20.3 Å². The van der Waals surface area contributed by atoms with Gasteiger partial charge in [0.05, 0.1) is 12.0 Å². The number of nitrogens with one attached hydrogen (secondary N) is 1. The van der Waals surface area contributed by atoms with Gasteiger partial charge in [-0.2, -0.15) is 4.98 Å². The summed E-state index contributed by atoms with van der Waals surface area (Å²) < 4.78 is 4.85. The molecule has 94 valence electrons. The van der Waals surface area contributed by atoms with E-state index in [1.54, 1.807) is 0 Å². The van der Waals surface area contributed by atoms with Gasteiger partial charge in [0.2, 0.25) is 5.82 Å². The Hall–Kier alpha value is -1.92. The van der Waals surface area contributed by atoms with E-state index in [1.165, 1.54) is 13.4 Å². The normalized spacial score (nSPS) is 11.9. The molecule has 0 fully saturated rings. The fourth-order valence-electron chi connectivity index (χ4n) is 1.22. The fraction of sp³-hybridized carbons (Fsp3) is 0.600. The molecule has 0 radical (unpaired) electrons. The van der Waals surface area contributed by atoms with Crippen LogP contribution in [0.2, 0.25) is 0 Å². The van der Waals surface area contributed by atoms with Crippen molar-refractivity contribution in [2.24, 2.45) is 5.92 Å². The monoisotopic (exact) mass is 240 g/mol. The molecule has 0 aromatic carbocycles. The van der Waals surface area contributed by atoms with E-state index in [0.29, 0.717) is 12.5 Å². The van der Waals surface area contributed by atoms with E-state index in [2.05, 4.69) is 29.1 Å². The first-order chi connectivity index (χ1) is 8.10. The first-order valence-electron chi connectivity index (χ1n) is 5.37. The summed E-state index contributed by atoms with van der Waals surface area (Å²) in [5.74, 6) is 0.578. The van der Waals surface area contributed by atoms with Crippen LogP contribution in [0.4, 0.5) is 11.5 Å². The second-order valence-electron chi connectivity index (χ2n) is 3.73. The SMILES string of the molecule is CCC(C)CNc1ncnc(OC)c1[N+](=O)[O-]. The number of methoxy groups -OCH3 is 1. The molecule has 7 heteroatoms. The van der Waals surface area contributed by atoms with Crippen molar-refractivity contribution >= 4 is 11.5 Å². The Morgan fingerprint density at radius 1 is 1.59 bits per heavy atom. The molecule has 7 nitrogen and oxygen atoms in total. The largest absolute Gasteiger partial charge is 0.476 e. The Morgan fingerprint density at radius 2 is 2.29 bits per heavy atom. The topological polar surface area (TPSA) is 90.2 Å². The van der Waals surface area contributed by atoms with E-state index in [9.17, 15) is 10.1 Å². The van der Waals surface area contributed by atoms with Crippen molar-refractivity contribution < 1.29 is 9.66 Å². The van der Waals surface area contributed by atoms with Crippen LogP contribution in [0.1, 0.15) is 20.3 Å². The molecule has 17 heavy (non-hydrogen) atoms. The molecule has 1 heterocycles. The molecule has 1 rings (SSSR count). The number of nitrogens with zero attached hydrogens (tertiary/aromatic N) is 3. The van der Waals surface area contributed by atoms with Gasteiger partial charge in [0.1, 0.15) is 6.33 Å². The lowest BCUT2D eigenvalue weighted by molar-refractivity contribution is -0.385. The van der Waals surface area contributed by atoms with Crippen LogP contribution < -0.4 is 10.1 Å². The zero-order valence-corrected chi connectivity index (χ0v) is 10.1. The number of nitro groups is 1. The number of hydrogen-bond acceptors (Lipinski definition) is 6. The van der Waals surface area contributed by atoms with E-state index >= 15 is 0 Å². The predicted molar refractivity (Wildman–Crippen MR) is 63.2 cm³/mol. The fourth-order valence-corrected chi connectivity index (χ4v) is 1.22. The molecule has 0 aliphatic heterocycles. The Balaban J connectivity index is 2.94. The molecular formula is C10H16N4O3. The lowest BCUT2D eigenvalue weighted by Gasteiger charge is -2.11. The van der Waals surface area contributed by atoms with Crippen LogP contribution in [0.3, 0.4) is 0 Å². The lowest BCUT2D eigenvalue weighted by Crippen LogP contribution is -2.13. The Labute approximate surface area is 99.4 Å². The van der Waals surface area contributed by atoms with Gasteiger partial charge in [-0.25, -0.2) is 4.98 Å². The lowest BCUT2D eigenvalue weighted by atomic mass is 10.1. The minimum Gasteiger partial charge on any atom is -0.476 e. The molecule has 0 saturated heterocycles. The van der Waals surface area contributed by atoms with E-state index in [1.807, 2.05) is 0 Å². The molecule has 0 bridgehead atoms. The van der Waals surface area contributed by atoms with Crippen molar-refractivity contribution in [3.05, 3.63) is 16.4 Å². The van der Waals surface area contributed by atoms with Crippen molar-refractivity contribution in [1.82, 2.24) is 9.97 Å². The molecule has 0 spiro atoms. The summed E-state index contributed by atoms with van der Waals surface area (Å²) in [6, 6.07) is 0. The van der Waals surface area contributed by atoms with Gasteiger partial charge in [0.15, 0.2) is 0 Å². The maximum Gasteiger partial charge on any atom is 0.372 e. The highest BCUT2D eigenvalue weighted by molar-refractivity contribution is 5.60. The third-order valence-electron chi connectivity index (χ3n) is 2.48. The molecule has 1 N–H and O–H groups in total. The number of hydrogen-bond donors (Lipinski definition) is 1. The standard InChI is InChI=1S/C10H16N4O3/c1-4-7(2)5-11-9-8(14(15)16)10(17-3)13-6-12-9/h6-7H,4-5H2,1-3H3,(H,11,12,13). The Kier molecular flexibility index (Phi) is 4.62. The van der Waals surface area contributed by atoms with Gasteiger partial charge in [-0.05, 0) is 5.92 Å². The van der Waals surface area contributed by atoms with Crippen LogP contribution in [-0.2, 0) is 0 Å². The van der Waals surface area contributed by atoms with Crippen LogP contribution in [0.5, 0.6) is 5.88 Å². The van der Waals surface area contributed by atoms with Crippen molar-refractivity contribution in [1.29, 1.82) is 0 Å². The summed E-state index contributed by atoms with van der Waals surface area (Å²) >= 11 is 0. The Morgan fingerprint density at radius 3 is 2.82 bits per heavy atom. The minimum absolute atomic E-state index is 0.0309. The number of aromatic nitrogens is 2. The summed E-state index contributed by atoms with van der Waals surface area (Å²) in [4.78, 5) is 18.0. The van der Waals surface area contributed by atoms with Gasteiger partial charge in [-0.1, -0.05) is 20.3 Å². The first kappa shape index (κ1) is 13.1. The zero-order valence-electron chi connectivity index (χ0n) is 10.1. The maximum absolute atomic E-state index is 10.9. The van der Waals surface area contributed by atoms with Crippen molar-refractivity contribution in [2.75, 3.05) is 19.0 Å². The second-order valence-corrected chi connectivity index (χ2v) is 3.73. The highest BCUT2D eigenvalue weighted by Crippen LogP contribution is 2.30.